The maximum atomic E-state index is 13.7. The van der Waals surface area contributed by atoms with Crippen LogP contribution in [0.4, 0.5) is 10.1 Å². The third-order valence-corrected chi connectivity index (χ3v) is 4.27. The van der Waals surface area contributed by atoms with Crippen molar-refractivity contribution in [1.82, 2.24) is 0 Å². The molecule has 20 heavy (non-hydrogen) atoms. The van der Waals surface area contributed by atoms with Gasteiger partial charge in [-0.05, 0) is 61.1 Å². The van der Waals surface area contributed by atoms with Crippen molar-refractivity contribution in [2.24, 2.45) is 0 Å². The van der Waals surface area contributed by atoms with Gasteiger partial charge in [-0.2, -0.15) is 0 Å². The van der Waals surface area contributed by atoms with E-state index in [2.05, 4.69) is 5.32 Å². The molecule has 0 saturated heterocycles. The van der Waals surface area contributed by atoms with Gasteiger partial charge in [-0.3, -0.25) is 0 Å². The van der Waals surface area contributed by atoms with E-state index in [1.165, 1.54) is 0 Å². The van der Waals surface area contributed by atoms with E-state index in [1.54, 1.807) is 12.1 Å². The highest BCUT2D eigenvalue weighted by Crippen LogP contribution is 2.39. The van der Waals surface area contributed by atoms with Gasteiger partial charge in [-0.25, -0.2) is 4.39 Å². The molecule has 0 aliphatic heterocycles. The topological polar surface area (TPSA) is 12.0 Å². The molecule has 0 bridgehead atoms. The first-order valence-electron chi connectivity index (χ1n) is 6.90. The second kappa shape index (κ2) is 5.45. The third-order valence-electron chi connectivity index (χ3n) is 4.03. The Morgan fingerprint density at radius 3 is 2.60 bits per heavy atom. The Labute approximate surface area is 123 Å². The van der Waals surface area contributed by atoms with Gasteiger partial charge in [-0.1, -0.05) is 29.8 Å². The quantitative estimate of drug-likeness (QED) is 0.824. The van der Waals surface area contributed by atoms with Crippen molar-refractivity contribution >= 4 is 17.3 Å². The number of benzene rings is 2. The Morgan fingerprint density at radius 1 is 1.15 bits per heavy atom. The second-order valence-corrected chi connectivity index (χ2v) is 5.93. The van der Waals surface area contributed by atoms with E-state index in [-0.39, 0.29) is 5.82 Å². The fraction of sp³-hybridized carbons (Fsp3) is 0.294. The Morgan fingerprint density at radius 2 is 1.90 bits per heavy atom. The summed E-state index contributed by atoms with van der Waals surface area (Å²) in [5, 5.41) is 4.27. The van der Waals surface area contributed by atoms with Crippen molar-refractivity contribution in [3.63, 3.8) is 0 Å². The summed E-state index contributed by atoms with van der Waals surface area (Å²) < 4.78 is 13.7. The Kier molecular flexibility index (Phi) is 3.66. The van der Waals surface area contributed by atoms with Gasteiger partial charge < -0.3 is 5.32 Å². The minimum absolute atomic E-state index is 0.0846. The molecular formula is C17H17ClFN. The van der Waals surface area contributed by atoms with Gasteiger partial charge in [0.15, 0.2) is 0 Å². The van der Waals surface area contributed by atoms with Gasteiger partial charge in [0, 0.05) is 16.8 Å². The van der Waals surface area contributed by atoms with E-state index in [1.807, 2.05) is 37.3 Å². The van der Waals surface area contributed by atoms with Crippen LogP contribution >= 0.6 is 11.6 Å². The zero-order valence-electron chi connectivity index (χ0n) is 11.4. The summed E-state index contributed by atoms with van der Waals surface area (Å²) in [7, 11) is 0. The summed E-state index contributed by atoms with van der Waals surface area (Å²) in [6.45, 7) is 2.04. The highest BCUT2D eigenvalue weighted by Gasteiger charge is 2.31. The van der Waals surface area contributed by atoms with Crippen LogP contribution in [0.1, 0.15) is 29.9 Å². The summed E-state index contributed by atoms with van der Waals surface area (Å²) in [5.74, 6) is 0.250. The van der Waals surface area contributed by atoms with Crippen LogP contribution in [-0.2, 0) is 0 Å². The number of hydrogen-bond donors (Lipinski definition) is 1. The Bertz CT molecular complexity index is 620. The zero-order valence-corrected chi connectivity index (χ0v) is 12.1. The van der Waals surface area contributed by atoms with Crippen LogP contribution in [0.5, 0.6) is 0 Å². The van der Waals surface area contributed by atoms with Gasteiger partial charge in [-0.15, -0.1) is 0 Å². The highest BCUT2D eigenvalue weighted by molar-refractivity contribution is 6.30. The largest absolute Gasteiger partial charge is 0.382 e. The molecule has 1 aliphatic carbocycles. The summed E-state index contributed by atoms with van der Waals surface area (Å²) in [4.78, 5) is 0. The summed E-state index contributed by atoms with van der Waals surface area (Å²) in [6, 6.07) is 13.4. The predicted octanol–water partition coefficient (Wildman–Crippen LogP) is 5.15. The highest BCUT2D eigenvalue weighted by atomic mass is 35.5. The first kappa shape index (κ1) is 13.4. The number of nitrogens with one attached hydrogen (secondary N) is 1. The van der Waals surface area contributed by atoms with Crippen molar-refractivity contribution in [1.29, 1.82) is 0 Å². The molecule has 0 amide bonds. The van der Waals surface area contributed by atoms with Gasteiger partial charge >= 0.3 is 0 Å². The van der Waals surface area contributed by atoms with Gasteiger partial charge in [0.2, 0.25) is 0 Å². The number of rotatable bonds is 3. The number of halogens is 2. The molecule has 1 saturated carbocycles. The molecule has 0 unspecified atom stereocenters. The number of hydrogen-bond acceptors (Lipinski definition) is 1. The van der Waals surface area contributed by atoms with Crippen molar-refractivity contribution in [3.05, 3.63) is 64.4 Å². The fourth-order valence-electron chi connectivity index (χ4n) is 2.80. The van der Waals surface area contributed by atoms with Crippen molar-refractivity contribution < 1.29 is 4.39 Å². The standard InChI is InChI=1S/C17H17ClFN/c1-11-8-13(18)6-7-17(11)20-14-9-12(10-14)15-4-2-3-5-16(15)19/h2-8,12,14,20H,9-10H2,1H3. The lowest BCUT2D eigenvalue weighted by Gasteiger charge is -2.37. The van der Waals surface area contributed by atoms with Crippen LogP contribution < -0.4 is 5.32 Å². The predicted molar refractivity (Wildman–Crippen MR) is 82.0 cm³/mol. The van der Waals surface area contributed by atoms with Crippen LogP contribution in [-0.4, -0.2) is 6.04 Å². The first-order chi connectivity index (χ1) is 9.63. The average molecular weight is 290 g/mol. The van der Waals surface area contributed by atoms with Crippen LogP contribution in [0, 0.1) is 12.7 Å². The molecule has 3 heteroatoms. The average Bonchev–Trinajstić information content (AvgIpc) is 2.37. The fourth-order valence-corrected chi connectivity index (χ4v) is 3.03. The Balaban J connectivity index is 1.62. The minimum atomic E-state index is -0.0846. The molecule has 1 aliphatic rings. The van der Waals surface area contributed by atoms with E-state index in [9.17, 15) is 4.39 Å². The van der Waals surface area contributed by atoms with Gasteiger partial charge in [0.1, 0.15) is 5.82 Å². The van der Waals surface area contributed by atoms with Crippen LogP contribution in [0.25, 0.3) is 0 Å². The first-order valence-corrected chi connectivity index (χ1v) is 7.28. The summed E-state index contributed by atoms with van der Waals surface area (Å²) >= 11 is 5.95. The summed E-state index contributed by atoms with van der Waals surface area (Å²) in [6.07, 6.45) is 1.95. The molecule has 0 spiro atoms. The Hall–Kier alpha value is -1.54. The monoisotopic (exact) mass is 289 g/mol. The van der Waals surface area contributed by atoms with Crippen LogP contribution in [0.15, 0.2) is 42.5 Å². The maximum Gasteiger partial charge on any atom is 0.126 e. The number of aryl methyl sites for hydroxylation is 1. The lowest BCUT2D eigenvalue weighted by molar-refractivity contribution is 0.363. The molecule has 1 nitrogen and oxygen atoms in total. The lowest BCUT2D eigenvalue weighted by Crippen LogP contribution is -2.34. The second-order valence-electron chi connectivity index (χ2n) is 5.49. The molecule has 0 aromatic heterocycles. The minimum Gasteiger partial charge on any atom is -0.382 e. The molecular weight excluding hydrogens is 273 g/mol. The normalized spacial score (nSPS) is 21.4. The molecule has 2 aromatic carbocycles. The number of anilines is 1. The van der Waals surface area contributed by atoms with Gasteiger partial charge in [0.05, 0.1) is 0 Å². The zero-order chi connectivity index (χ0) is 14.1. The van der Waals surface area contributed by atoms with Crippen LogP contribution in [0.3, 0.4) is 0 Å². The smallest absolute Gasteiger partial charge is 0.126 e. The van der Waals surface area contributed by atoms with Gasteiger partial charge in [0.25, 0.3) is 0 Å². The van der Waals surface area contributed by atoms with E-state index < -0.39 is 0 Å². The van der Waals surface area contributed by atoms with E-state index in [4.69, 9.17) is 11.6 Å². The summed E-state index contributed by atoms with van der Waals surface area (Å²) in [5.41, 5.74) is 3.11. The maximum absolute atomic E-state index is 13.7. The molecule has 2 aromatic rings. The molecule has 0 atom stereocenters. The van der Waals surface area contributed by atoms with E-state index in [0.29, 0.717) is 12.0 Å². The van der Waals surface area contributed by atoms with Crippen molar-refractivity contribution in [2.45, 2.75) is 31.7 Å². The van der Waals surface area contributed by atoms with E-state index >= 15 is 0 Å². The molecule has 3 rings (SSSR count). The third kappa shape index (κ3) is 2.66. The molecule has 1 N–H and O–H groups in total. The SMILES string of the molecule is Cc1cc(Cl)ccc1NC1CC(c2ccccc2F)C1. The van der Waals surface area contributed by atoms with Crippen molar-refractivity contribution in [3.8, 4) is 0 Å². The lowest BCUT2D eigenvalue weighted by atomic mass is 9.75. The van der Waals surface area contributed by atoms with Crippen molar-refractivity contribution in [2.75, 3.05) is 5.32 Å². The molecule has 104 valence electrons. The van der Waals surface area contributed by atoms with Crippen LogP contribution in [0.2, 0.25) is 5.02 Å². The van der Waals surface area contributed by atoms with E-state index in [0.717, 1.165) is 34.7 Å². The molecule has 0 radical (unpaired) electrons. The molecule has 1 fully saturated rings. The molecule has 0 heterocycles.